The molecule has 0 aliphatic rings. The van der Waals surface area contributed by atoms with Crippen molar-refractivity contribution in [1.29, 1.82) is 0 Å². The Hall–Kier alpha value is -2.07. The van der Waals surface area contributed by atoms with E-state index < -0.39 is 0 Å². The average Bonchev–Trinajstić information content (AvgIpc) is 2.51. The van der Waals surface area contributed by atoms with E-state index in [1.165, 1.54) is 12.1 Å². The maximum atomic E-state index is 12.8. The predicted molar refractivity (Wildman–Crippen MR) is 87.7 cm³/mol. The summed E-state index contributed by atoms with van der Waals surface area (Å²) >= 11 is 6.01. The Bertz CT molecular complexity index is 616. The summed E-state index contributed by atoms with van der Waals surface area (Å²) in [6.45, 7) is 1.06. The Kier molecular flexibility index (Phi) is 6.22. The summed E-state index contributed by atoms with van der Waals surface area (Å²) in [7, 11) is 0. The van der Waals surface area contributed by atoms with E-state index >= 15 is 0 Å². The van der Waals surface area contributed by atoms with Gasteiger partial charge in [-0.2, -0.15) is 0 Å². The van der Waals surface area contributed by atoms with Gasteiger partial charge in [-0.1, -0.05) is 35.9 Å². The van der Waals surface area contributed by atoms with Gasteiger partial charge in [-0.15, -0.1) is 0 Å². The molecule has 22 heavy (non-hydrogen) atoms. The Morgan fingerprint density at radius 3 is 2.50 bits per heavy atom. The summed E-state index contributed by atoms with van der Waals surface area (Å²) in [5, 5.41) is 6.60. The third-order valence-corrected chi connectivity index (χ3v) is 3.52. The Balaban J connectivity index is 1.64. The van der Waals surface area contributed by atoms with Gasteiger partial charge in [0.15, 0.2) is 0 Å². The number of hydrogen-bond acceptors (Lipinski definition) is 2. The first-order valence-corrected chi connectivity index (χ1v) is 7.52. The molecule has 116 valence electrons. The number of carbonyl (C=O) groups is 1. The molecule has 0 bridgehead atoms. The standard InChI is InChI=1S/C17H18ClFN2O/c18-15-3-1-2-4-16(15)20-12-10-17(22)21-11-9-13-5-7-14(19)8-6-13/h1-8,20H,9-12H2,(H,21,22). The van der Waals surface area contributed by atoms with Gasteiger partial charge in [0.1, 0.15) is 5.82 Å². The lowest BCUT2D eigenvalue weighted by Gasteiger charge is -2.08. The van der Waals surface area contributed by atoms with Gasteiger partial charge in [0, 0.05) is 19.5 Å². The quantitative estimate of drug-likeness (QED) is 0.817. The Morgan fingerprint density at radius 2 is 1.77 bits per heavy atom. The lowest BCUT2D eigenvalue weighted by Crippen LogP contribution is -2.27. The van der Waals surface area contributed by atoms with Crippen molar-refractivity contribution in [2.24, 2.45) is 0 Å². The highest BCUT2D eigenvalue weighted by Crippen LogP contribution is 2.19. The molecule has 0 aliphatic carbocycles. The second-order valence-corrected chi connectivity index (χ2v) is 5.29. The number of hydrogen-bond donors (Lipinski definition) is 2. The molecule has 0 radical (unpaired) electrons. The first kappa shape index (κ1) is 16.3. The van der Waals surface area contributed by atoms with Crippen molar-refractivity contribution in [2.75, 3.05) is 18.4 Å². The van der Waals surface area contributed by atoms with Crippen molar-refractivity contribution in [3.63, 3.8) is 0 Å². The highest BCUT2D eigenvalue weighted by atomic mass is 35.5. The zero-order chi connectivity index (χ0) is 15.8. The molecule has 0 atom stereocenters. The smallest absolute Gasteiger partial charge is 0.221 e. The summed E-state index contributed by atoms with van der Waals surface area (Å²) in [5.74, 6) is -0.278. The second-order valence-electron chi connectivity index (χ2n) is 4.88. The lowest BCUT2D eigenvalue weighted by atomic mass is 10.1. The molecule has 0 saturated heterocycles. The Labute approximate surface area is 134 Å². The van der Waals surface area contributed by atoms with Gasteiger partial charge in [-0.3, -0.25) is 4.79 Å². The number of para-hydroxylation sites is 1. The van der Waals surface area contributed by atoms with E-state index in [0.717, 1.165) is 11.3 Å². The molecular weight excluding hydrogens is 303 g/mol. The van der Waals surface area contributed by atoms with Crippen LogP contribution in [0, 0.1) is 5.82 Å². The van der Waals surface area contributed by atoms with E-state index in [1.807, 2.05) is 18.2 Å². The number of rotatable bonds is 7. The van der Waals surface area contributed by atoms with Gasteiger partial charge in [0.05, 0.1) is 10.7 Å². The molecule has 1 amide bonds. The second kappa shape index (κ2) is 8.39. The lowest BCUT2D eigenvalue weighted by molar-refractivity contribution is -0.120. The minimum absolute atomic E-state index is 0.0262. The third kappa shape index (κ3) is 5.37. The van der Waals surface area contributed by atoms with Crippen LogP contribution in [-0.2, 0) is 11.2 Å². The third-order valence-electron chi connectivity index (χ3n) is 3.19. The van der Waals surface area contributed by atoms with Crippen LogP contribution >= 0.6 is 11.6 Å². The first-order chi connectivity index (χ1) is 10.6. The van der Waals surface area contributed by atoms with Gasteiger partial charge in [0.25, 0.3) is 0 Å². The van der Waals surface area contributed by atoms with Crippen LogP contribution in [0.3, 0.4) is 0 Å². The molecule has 0 saturated carbocycles. The van der Waals surface area contributed by atoms with Crippen molar-refractivity contribution >= 4 is 23.2 Å². The van der Waals surface area contributed by atoms with Crippen LogP contribution < -0.4 is 10.6 Å². The molecule has 0 fully saturated rings. The van der Waals surface area contributed by atoms with E-state index in [-0.39, 0.29) is 11.7 Å². The topological polar surface area (TPSA) is 41.1 Å². The molecule has 0 aliphatic heterocycles. The number of anilines is 1. The van der Waals surface area contributed by atoms with Gasteiger partial charge < -0.3 is 10.6 Å². The van der Waals surface area contributed by atoms with Crippen molar-refractivity contribution in [3.05, 3.63) is 64.9 Å². The van der Waals surface area contributed by atoms with E-state index in [1.54, 1.807) is 18.2 Å². The van der Waals surface area contributed by atoms with Crippen molar-refractivity contribution in [1.82, 2.24) is 5.32 Å². The van der Waals surface area contributed by atoms with E-state index in [9.17, 15) is 9.18 Å². The van der Waals surface area contributed by atoms with Gasteiger partial charge in [-0.25, -0.2) is 4.39 Å². The molecule has 2 N–H and O–H groups in total. The van der Waals surface area contributed by atoms with Crippen LogP contribution in [0.1, 0.15) is 12.0 Å². The monoisotopic (exact) mass is 320 g/mol. The summed E-state index contributed by atoms with van der Waals surface area (Å²) < 4.78 is 12.8. The average molecular weight is 321 g/mol. The van der Waals surface area contributed by atoms with Crippen LogP contribution in [0.5, 0.6) is 0 Å². The fourth-order valence-electron chi connectivity index (χ4n) is 2.00. The highest BCUT2D eigenvalue weighted by molar-refractivity contribution is 6.33. The largest absolute Gasteiger partial charge is 0.383 e. The molecular formula is C17H18ClFN2O. The maximum Gasteiger partial charge on any atom is 0.221 e. The molecule has 3 nitrogen and oxygen atoms in total. The number of halogens is 2. The molecule has 5 heteroatoms. The summed E-state index contributed by atoms with van der Waals surface area (Å²) in [6, 6.07) is 13.7. The Morgan fingerprint density at radius 1 is 1.05 bits per heavy atom. The maximum absolute atomic E-state index is 12.8. The molecule has 0 aromatic heterocycles. The number of nitrogens with one attached hydrogen (secondary N) is 2. The normalized spacial score (nSPS) is 10.3. The molecule has 2 rings (SSSR count). The molecule has 0 heterocycles. The fourth-order valence-corrected chi connectivity index (χ4v) is 2.20. The number of carbonyl (C=O) groups excluding carboxylic acids is 1. The van der Waals surface area contributed by atoms with E-state index in [2.05, 4.69) is 10.6 Å². The van der Waals surface area contributed by atoms with Crippen LogP contribution in [0.15, 0.2) is 48.5 Å². The van der Waals surface area contributed by atoms with Crippen molar-refractivity contribution in [2.45, 2.75) is 12.8 Å². The predicted octanol–water partition coefficient (Wildman–Crippen LogP) is 3.64. The molecule has 0 spiro atoms. The van der Waals surface area contributed by atoms with Crippen LogP contribution in [0.4, 0.5) is 10.1 Å². The van der Waals surface area contributed by atoms with E-state index in [0.29, 0.717) is 31.0 Å². The number of benzene rings is 2. The van der Waals surface area contributed by atoms with E-state index in [4.69, 9.17) is 11.6 Å². The summed E-state index contributed by atoms with van der Waals surface area (Å²) in [6.07, 6.45) is 1.05. The summed E-state index contributed by atoms with van der Waals surface area (Å²) in [5.41, 5.74) is 1.82. The minimum atomic E-state index is -0.251. The van der Waals surface area contributed by atoms with Crippen LogP contribution in [0.2, 0.25) is 5.02 Å². The zero-order valence-corrected chi connectivity index (χ0v) is 12.9. The van der Waals surface area contributed by atoms with Crippen LogP contribution in [0.25, 0.3) is 0 Å². The number of amides is 1. The van der Waals surface area contributed by atoms with Gasteiger partial charge in [-0.05, 0) is 36.2 Å². The van der Waals surface area contributed by atoms with Crippen molar-refractivity contribution in [3.8, 4) is 0 Å². The molecule has 0 unspecified atom stereocenters. The zero-order valence-electron chi connectivity index (χ0n) is 12.1. The molecule has 2 aromatic rings. The van der Waals surface area contributed by atoms with Crippen molar-refractivity contribution < 1.29 is 9.18 Å². The fraction of sp³-hybridized carbons (Fsp3) is 0.235. The molecule has 2 aromatic carbocycles. The van der Waals surface area contributed by atoms with Crippen LogP contribution in [-0.4, -0.2) is 19.0 Å². The summed E-state index contributed by atoms with van der Waals surface area (Å²) in [4.78, 5) is 11.7. The van der Waals surface area contributed by atoms with Gasteiger partial charge in [0.2, 0.25) is 5.91 Å². The highest BCUT2D eigenvalue weighted by Gasteiger charge is 2.02. The SMILES string of the molecule is O=C(CCNc1ccccc1Cl)NCCc1ccc(F)cc1. The minimum Gasteiger partial charge on any atom is -0.383 e. The van der Waals surface area contributed by atoms with Gasteiger partial charge >= 0.3 is 0 Å². The first-order valence-electron chi connectivity index (χ1n) is 7.15.